The van der Waals surface area contributed by atoms with Crippen LogP contribution in [-0.4, -0.2) is 70.2 Å². The van der Waals surface area contributed by atoms with Crippen molar-refractivity contribution in [3.63, 3.8) is 0 Å². The van der Waals surface area contributed by atoms with Gasteiger partial charge >= 0.3 is 12.0 Å². The molecule has 1 fully saturated rings. The number of hydrogen-bond acceptors (Lipinski definition) is 6. The Bertz CT molecular complexity index is 1160. The van der Waals surface area contributed by atoms with E-state index in [2.05, 4.69) is 21.3 Å². The van der Waals surface area contributed by atoms with Gasteiger partial charge in [-0.15, -0.1) is 0 Å². The number of β-amino-alcohol motifs (C(OH)–C–C–N with tert-alkyl or cyclic N) is 1. The second kappa shape index (κ2) is 13.9. The number of benzene rings is 2. The molecule has 6 N–H and O–H groups in total. The molecule has 12 heteroatoms. The predicted octanol–water partition coefficient (Wildman–Crippen LogP) is 2.65. The van der Waals surface area contributed by atoms with Crippen LogP contribution in [0.5, 0.6) is 0 Å². The van der Waals surface area contributed by atoms with E-state index in [0.717, 1.165) is 5.56 Å². The third-order valence-electron chi connectivity index (χ3n) is 6.16. The molecule has 210 valence electrons. The second-order valence-electron chi connectivity index (χ2n) is 9.86. The molecule has 0 radical (unpaired) electrons. The number of rotatable bonds is 11. The number of aliphatic hydroxyl groups is 1. The lowest BCUT2D eigenvalue weighted by atomic mass is 10.0. The molecule has 0 aliphatic carbocycles. The molecule has 1 aliphatic rings. The van der Waals surface area contributed by atoms with Gasteiger partial charge in [-0.2, -0.15) is 0 Å². The standard InChI is InChI=1S/C27H34ClN5O6/c1-16(2)11-22(26(37)38)29-14-24(35)30-13-17-3-7-19(8-4-17)31-25(36)23-12-21(34)15-33(23)27(39)32-20-9-5-18(28)6-10-20/h3-10,16,21-23,29,34H,11-15H2,1-2H3,(H,30,35)(H,31,36)(H,32,39)(H,37,38)/t21?,22-,23?/m1/s1. The fourth-order valence-electron chi connectivity index (χ4n) is 4.17. The van der Waals surface area contributed by atoms with E-state index in [9.17, 15) is 29.4 Å². The van der Waals surface area contributed by atoms with Gasteiger partial charge < -0.3 is 31.1 Å². The molecule has 3 rings (SSSR count). The summed E-state index contributed by atoms with van der Waals surface area (Å²) >= 11 is 5.88. The SMILES string of the molecule is CC(C)C[C@@H](NCC(=O)NCc1ccc(NC(=O)C2CC(O)CN2C(=O)Nc2ccc(Cl)cc2)cc1)C(=O)O. The highest BCUT2D eigenvalue weighted by atomic mass is 35.5. The van der Waals surface area contributed by atoms with Crippen molar-refractivity contribution >= 4 is 46.8 Å². The molecule has 0 saturated carbocycles. The van der Waals surface area contributed by atoms with Crippen molar-refractivity contribution < 1.29 is 29.4 Å². The van der Waals surface area contributed by atoms with Crippen LogP contribution < -0.4 is 21.3 Å². The van der Waals surface area contributed by atoms with Gasteiger partial charge in [-0.05, 0) is 54.3 Å². The number of nitrogens with one attached hydrogen (secondary N) is 4. The number of hydrogen-bond donors (Lipinski definition) is 6. The van der Waals surface area contributed by atoms with Gasteiger partial charge in [0, 0.05) is 35.9 Å². The van der Waals surface area contributed by atoms with Gasteiger partial charge in [0.05, 0.1) is 12.6 Å². The van der Waals surface area contributed by atoms with Crippen molar-refractivity contribution in [1.82, 2.24) is 15.5 Å². The number of amides is 4. The normalized spacial score (nSPS) is 17.5. The Balaban J connectivity index is 1.49. The number of halogens is 1. The first-order chi connectivity index (χ1) is 18.5. The highest BCUT2D eigenvalue weighted by molar-refractivity contribution is 6.30. The molecule has 11 nitrogen and oxygen atoms in total. The van der Waals surface area contributed by atoms with E-state index in [4.69, 9.17) is 11.6 Å². The van der Waals surface area contributed by atoms with Gasteiger partial charge in [-0.1, -0.05) is 37.6 Å². The summed E-state index contributed by atoms with van der Waals surface area (Å²) in [4.78, 5) is 50.5. The first-order valence-corrected chi connectivity index (χ1v) is 13.0. The largest absolute Gasteiger partial charge is 0.480 e. The maximum absolute atomic E-state index is 12.9. The van der Waals surface area contributed by atoms with Gasteiger partial charge in [-0.3, -0.25) is 19.7 Å². The summed E-state index contributed by atoms with van der Waals surface area (Å²) < 4.78 is 0. The zero-order chi connectivity index (χ0) is 28.5. The fraction of sp³-hybridized carbons (Fsp3) is 0.407. The first kappa shape index (κ1) is 29.9. The van der Waals surface area contributed by atoms with Crippen LogP contribution in [0.2, 0.25) is 5.02 Å². The zero-order valence-corrected chi connectivity index (χ0v) is 22.6. The maximum Gasteiger partial charge on any atom is 0.322 e. The van der Waals surface area contributed by atoms with Crippen molar-refractivity contribution in [2.24, 2.45) is 5.92 Å². The highest BCUT2D eigenvalue weighted by Crippen LogP contribution is 2.22. The average molecular weight is 560 g/mol. The number of likely N-dealkylation sites (tertiary alicyclic amines) is 1. The highest BCUT2D eigenvalue weighted by Gasteiger charge is 2.39. The van der Waals surface area contributed by atoms with Crippen LogP contribution in [0, 0.1) is 5.92 Å². The summed E-state index contributed by atoms with van der Waals surface area (Å²) in [6.45, 7) is 3.96. The lowest BCUT2D eigenvalue weighted by Gasteiger charge is -2.24. The number of aliphatic carboxylic acids is 1. The van der Waals surface area contributed by atoms with E-state index in [1.165, 1.54) is 4.90 Å². The number of carboxylic acids is 1. The summed E-state index contributed by atoms with van der Waals surface area (Å²) in [5.41, 5.74) is 1.79. The summed E-state index contributed by atoms with van der Waals surface area (Å²) in [6.07, 6.45) is -0.299. The van der Waals surface area contributed by atoms with E-state index in [1.807, 2.05) is 13.8 Å². The van der Waals surface area contributed by atoms with Crippen LogP contribution in [0.3, 0.4) is 0 Å². The lowest BCUT2D eigenvalue weighted by molar-refractivity contribution is -0.140. The van der Waals surface area contributed by atoms with Gasteiger partial charge in [-0.25, -0.2) is 4.79 Å². The number of urea groups is 1. The van der Waals surface area contributed by atoms with Crippen LogP contribution >= 0.6 is 11.6 Å². The molecule has 2 unspecified atom stereocenters. The lowest BCUT2D eigenvalue weighted by Crippen LogP contribution is -2.45. The molecule has 0 aromatic heterocycles. The van der Waals surface area contributed by atoms with Gasteiger partial charge in [0.25, 0.3) is 0 Å². The molecule has 4 amide bonds. The van der Waals surface area contributed by atoms with Crippen molar-refractivity contribution in [3.8, 4) is 0 Å². The maximum atomic E-state index is 12.9. The van der Waals surface area contributed by atoms with E-state index in [-0.39, 0.29) is 37.9 Å². The van der Waals surface area contributed by atoms with E-state index in [1.54, 1.807) is 48.5 Å². The minimum absolute atomic E-state index is 0.0235. The predicted molar refractivity (Wildman–Crippen MR) is 147 cm³/mol. The Morgan fingerprint density at radius 1 is 1.00 bits per heavy atom. The molecule has 2 aromatic carbocycles. The van der Waals surface area contributed by atoms with Crippen molar-refractivity contribution in [3.05, 3.63) is 59.1 Å². The monoisotopic (exact) mass is 559 g/mol. The number of carboxylic acid groups (broad SMARTS) is 1. The number of nitrogens with zero attached hydrogens (tertiary/aromatic N) is 1. The second-order valence-corrected chi connectivity index (χ2v) is 10.3. The third kappa shape index (κ3) is 9.24. The fourth-order valence-corrected chi connectivity index (χ4v) is 4.29. The summed E-state index contributed by atoms with van der Waals surface area (Å²) in [5.74, 6) is -1.58. The number of anilines is 2. The minimum Gasteiger partial charge on any atom is -0.480 e. The van der Waals surface area contributed by atoms with Gasteiger partial charge in [0.15, 0.2) is 0 Å². The molecule has 39 heavy (non-hydrogen) atoms. The molecular formula is C27H34ClN5O6. The number of carbonyl (C=O) groups excluding carboxylic acids is 3. The summed E-state index contributed by atoms with van der Waals surface area (Å²) in [6, 6.07) is 11.2. The van der Waals surface area contributed by atoms with Crippen LogP contribution in [0.25, 0.3) is 0 Å². The van der Waals surface area contributed by atoms with Crippen LogP contribution in [0.1, 0.15) is 32.3 Å². The third-order valence-corrected chi connectivity index (χ3v) is 6.42. The minimum atomic E-state index is -0.994. The molecule has 0 bridgehead atoms. The smallest absolute Gasteiger partial charge is 0.322 e. The molecule has 3 atom stereocenters. The van der Waals surface area contributed by atoms with Crippen LogP contribution in [-0.2, 0) is 20.9 Å². The number of carbonyl (C=O) groups is 4. The Hall–Kier alpha value is -3.67. The Morgan fingerprint density at radius 3 is 2.23 bits per heavy atom. The van der Waals surface area contributed by atoms with Crippen LogP contribution in [0.15, 0.2) is 48.5 Å². The molecule has 1 saturated heterocycles. The quantitative estimate of drug-likeness (QED) is 0.247. The van der Waals surface area contributed by atoms with Crippen molar-refractivity contribution in [1.29, 1.82) is 0 Å². The Kier molecular flexibility index (Phi) is 10.7. The first-order valence-electron chi connectivity index (χ1n) is 12.7. The molecule has 2 aromatic rings. The van der Waals surface area contributed by atoms with E-state index >= 15 is 0 Å². The Labute approximate surface area is 231 Å². The topological polar surface area (TPSA) is 160 Å². The number of aliphatic hydroxyl groups excluding tert-OH is 1. The Morgan fingerprint density at radius 2 is 1.62 bits per heavy atom. The van der Waals surface area contributed by atoms with E-state index < -0.39 is 36.1 Å². The summed E-state index contributed by atoms with van der Waals surface area (Å²) in [5, 5.41) is 30.9. The molecule has 1 aliphatic heterocycles. The van der Waals surface area contributed by atoms with Crippen molar-refractivity contribution in [2.75, 3.05) is 23.7 Å². The van der Waals surface area contributed by atoms with Crippen molar-refractivity contribution in [2.45, 2.75) is 51.4 Å². The van der Waals surface area contributed by atoms with Gasteiger partial charge in [0.2, 0.25) is 11.8 Å². The molecule has 1 heterocycles. The average Bonchev–Trinajstić information content (AvgIpc) is 3.29. The van der Waals surface area contributed by atoms with Crippen LogP contribution in [0.4, 0.5) is 16.2 Å². The molecular weight excluding hydrogens is 526 g/mol. The molecule has 0 spiro atoms. The van der Waals surface area contributed by atoms with Gasteiger partial charge in [0.1, 0.15) is 12.1 Å². The zero-order valence-electron chi connectivity index (χ0n) is 21.8. The summed E-state index contributed by atoms with van der Waals surface area (Å²) in [7, 11) is 0. The van der Waals surface area contributed by atoms with E-state index in [0.29, 0.717) is 22.8 Å².